The Bertz CT molecular complexity index is 354. The fourth-order valence-corrected chi connectivity index (χ4v) is 1.55. The van der Waals surface area contributed by atoms with E-state index in [-0.39, 0.29) is 6.61 Å². The molecule has 90 valence electrons. The number of rotatable bonds is 5. The Balaban J connectivity index is 3.36. The van der Waals surface area contributed by atoms with Crippen molar-refractivity contribution in [1.82, 2.24) is 0 Å². The normalized spacial score (nSPS) is 12.1. The van der Waals surface area contributed by atoms with E-state index in [2.05, 4.69) is 0 Å². The summed E-state index contributed by atoms with van der Waals surface area (Å²) in [7, 11) is 4.60. The number of methoxy groups -OCH3 is 3. The number of aliphatic hydroxyl groups excluding tert-OH is 1. The Labute approximate surface area is 94.7 Å². The molecule has 5 heteroatoms. The minimum Gasteiger partial charge on any atom is -0.496 e. The molecule has 0 aliphatic rings. The molecule has 0 heterocycles. The number of ether oxygens (including phenoxy) is 3. The van der Waals surface area contributed by atoms with Crippen LogP contribution in [0.5, 0.6) is 17.2 Å². The Hall–Kier alpha value is -1.46. The van der Waals surface area contributed by atoms with E-state index in [1.165, 1.54) is 14.2 Å². The lowest BCUT2D eigenvalue weighted by atomic mass is 10.0. The van der Waals surface area contributed by atoms with Crippen LogP contribution in [0.15, 0.2) is 12.1 Å². The lowest BCUT2D eigenvalue weighted by Gasteiger charge is -2.19. The summed E-state index contributed by atoms with van der Waals surface area (Å²) < 4.78 is 15.6. The van der Waals surface area contributed by atoms with Gasteiger partial charge in [0.2, 0.25) is 0 Å². The van der Waals surface area contributed by atoms with Crippen LogP contribution in [0.25, 0.3) is 0 Å². The molecule has 0 unspecified atom stereocenters. The molecule has 0 saturated carbocycles. The van der Waals surface area contributed by atoms with Crippen molar-refractivity contribution >= 4 is 0 Å². The third-order valence-electron chi connectivity index (χ3n) is 2.33. The van der Waals surface area contributed by atoms with Gasteiger partial charge >= 0.3 is 0 Å². The maximum atomic E-state index is 9.11. The van der Waals surface area contributed by atoms with E-state index < -0.39 is 6.04 Å². The quantitative estimate of drug-likeness (QED) is 0.774. The van der Waals surface area contributed by atoms with Crippen molar-refractivity contribution < 1.29 is 19.3 Å². The lowest BCUT2D eigenvalue weighted by molar-refractivity contribution is 0.258. The molecule has 0 aliphatic carbocycles. The minimum atomic E-state index is -0.569. The van der Waals surface area contributed by atoms with Crippen molar-refractivity contribution in [2.75, 3.05) is 27.9 Å². The summed E-state index contributed by atoms with van der Waals surface area (Å²) in [6.45, 7) is -0.195. The van der Waals surface area contributed by atoms with E-state index in [4.69, 9.17) is 25.1 Å². The molecule has 16 heavy (non-hydrogen) atoms. The summed E-state index contributed by atoms with van der Waals surface area (Å²) in [5.74, 6) is 1.62. The largest absolute Gasteiger partial charge is 0.496 e. The molecule has 1 atom stereocenters. The summed E-state index contributed by atoms with van der Waals surface area (Å²) in [5.41, 5.74) is 6.41. The second-order valence-corrected chi connectivity index (χ2v) is 3.21. The monoisotopic (exact) mass is 227 g/mol. The predicted octanol–water partition coefficient (Wildman–Crippen LogP) is 0.705. The molecule has 0 spiro atoms. The van der Waals surface area contributed by atoms with E-state index in [0.29, 0.717) is 22.8 Å². The fourth-order valence-electron chi connectivity index (χ4n) is 1.55. The number of hydrogen-bond acceptors (Lipinski definition) is 5. The van der Waals surface area contributed by atoms with Crippen molar-refractivity contribution in [3.05, 3.63) is 17.7 Å². The van der Waals surface area contributed by atoms with Crippen LogP contribution in [0.3, 0.4) is 0 Å². The molecular formula is C11H17NO4. The standard InChI is InChI=1S/C11H17NO4/c1-14-8-4-5-9(15-2)11(16-3)10(8)7(12)6-13/h4-5,7,13H,6,12H2,1-3H3/t7-/m0/s1. The van der Waals surface area contributed by atoms with Gasteiger partial charge in [-0.25, -0.2) is 0 Å². The summed E-state index contributed by atoms with van der Waals surface area (Å²) in [6, 6.07) is 2.89. The van der Waals surface area contributed by atoms with Gasteiger partial charge in [-0.05, 0) is 12.1 Å². The highest BCUT2D eigenvalue weighted by Crippen LogP contribution is 2.40. The molecule has 3 N–H and O–H groups in total. The average Bonchev–Trinajstić information content (AvgIpc) is 2.35. The molecule has 0 fully saturated rings. The van der Waals surface area contributed by atoms with Crippen LogP contribution >= 0.6 is 0 Å². The highest BCUT2D eigenvalue weighted by molar-refractivity contribution is 5.55. The molecule has 0 aliphatic heterocycles. The van der Waals surface area contributed by atoms with Gasteiger partial charge in [0.1, 0.15) is 5.75 Å². The highest BCUT2D eigenvalue weighted by atomic mass is 16.5. The first-order chi connectivity index (χ1) is 7.69. The summed E-state index contributed by atoms with van der Waals surface area (Å²) in [4.78, 5) is 0. The molecule has 0 radical (unpaired) electrons. The van der Waals surface area contributed by atoms with Gasteiger partial charge in [0.05, 0.1) is 39.5 Å². The van der Waals surface area contributed by atoms with E-state index in [0.717, 1.165) is 0 Å². The fraction of sp³-hybridized carbons (Fsp3) is 0.455. The van der Waals surface area contributed by atoms with Crippen molar-refractivity contribution in [2.45, 2.75) is 6.04 Å². The summed E-state index contributed by atoms with van der Waals surface area (Å²) in [6.07, 6.45) is 0. The number of aliphatic hydroxyl groups is 1. The van der Waals surface area contributed by atoms with Gasteiger partial charge < -0.3 is 25.1 Å². The number of hydrogen-bond donors (Lipinski definition) is 2. The van der Waals surface area contributed by atoms with Crippen molar-refractivity contribution in [3.63, 3.8) is 0 Å². The highest BCUT2D eigenvalue weighted by Gasteiger charge is 2.20. The third-order valence-corrected chi connectivity index (χ3v) is 2.33. The topological polar surface area (TPSA) is 73.9 Å². The maximum Gasteiger partial charge on any atom is 0.169 e. The Morgan fingerprint density at radius 1 is 1.12 bits per heavy atom. The number of nitrogens with two attached hydrogens (primary N) is 1. The van der Waals surface area contributed by atoms with Crippen LogP contribution < -0.4 is 19.9 Å². The van der Waals surface area contributed by atoms with Gasteiger partial charge in [-0.3, -0.25) is 0 Å². The van der Waals surface area contributed by atoms with Gasteiger partial charge in [0, 0.05) is 0 Å². The molecule has 1 rings (SSSR count). The molecular weight excluding hydrogens is 210 g/mol. The van der Waals surface area contributed by atoms with E-state index in [9.17, 15) is 0 Å². The van der Waals surface area contributed by atoms with Gasteiger partial charge in [-0.15, -0.1) is 0 Å². The Kier molecular flexibility index (Phi) is 4.39. The number of benzene rings is 1. The zero-order valence-corrected chi connectivity index (χ0v) is 9.69. The van der Waals surface area contributed by atoms with Crippen molar-refractivity contribution in [1.29, 1.82) is 0 Å². The van der Waals surface area contributed by atoms with Crippen LogP contribution in [-0.4, -0.2) is 33.0 Å². The SMILES string of the molecule is COc1ccc(OC)c([C@@H](N)CO)c1OC. The van der Waals surface area contributed by atoms with E-state index in [1.807, 2.05) is 0 Å². The second-order valence-electron chi connectivity index (χ2n) is 3.21. The van der Waals surface area contributed by atoms with Crippen molar-refractivity contribution in [2.24, 2.45) is 5.73 Å². The maximum absolute atomic E-state index is 9.11. The average molecular weight is 227 g/mol. The van der Waals surface area contributed by atoms with Crippen LogP contribution in [0.1, 0.15) is 11.6 Å². The molecule has 0 saturated heterocycles. The summed E-state index contributed by atoms with van der Waals surface area (Å²) in [5, 5.41) is 9.11. The van der Waals surface area contributed by atoms with E-state index in [1.54, 1.807) is 19.2 Å². The Morgan fingerprint density at radius 2 is 1.69 bits per heavy atom. The van der Waals surface area contributed by atoms with Crippen LogP contribution in [-0.2, 0) is 0 Å². The Morgan fingerprint density at radius 3 is 2.12 bits per heavy atom. The van der Waals surface area contributed by atoms with Gasteiger partial charge in [-0.1, -0.05) is 0 Å². The molecule has 0 amide bonds. The molecule has 1 aromatic rings. The molecule has 1 aromatic carbocycles. The third kappa shape index (κ3) is 2.20. The minimum absolute atomic E-state index is 0.195. The second kappa shape index (κ2) is 5.58. The first-order valence-corrected chi connectivity index (χ1v) is 4.84. The van der Waals surface area contributed by atoms with E-state index >= 15 is 0 Å². The molecule has 0 aromatic heterocycles. The zero-order chi connectivity index (χ0) is 12.1. The smallest absolute Gasteiger partial charge is 0.169 e. The van der Waals surface area contributed by atoms with Crippen LogP contribution in [0.4, 0.5) is 0 Å². The first kappa shape index (κ1) is 12.6. The predicted molar refractivity (Wildman–Crippen MR) is 60.1 cm³/mol. The van der Waals surface area contributed by atoms with Gasteiger partial charge in [-0.2, -0.15) is 0 Å². The van der Waals surface area contributed by atoms with Crippen molar-refractivity contribution in [3.8, 4) is 17.2 Å². The van der Waals surface area contributed by atoms with Crippen LogP contribution in [0.2, 0.25) is 0 Å². The van der Waals surface area contributed by atoms with Crippen LogP contribution in [0, 0.1) is 0 Å². The molecule has 5 nitrogen and oxygen atoms in total. The zero-order valence-electron chi connectivity index (χ0n) is 9.69. The molecule has 0 bridgehead atoms. The summed E-state index contributed by atoms with van der Waals surface area (Å²) >= 11 is 0. The van der Waals surface area contributed by atoms with Gasteiger partial charge in [0.25, 0.3) is 0 Å². The lowest BCUT2D eigenvalue weighted by Crippen LogP contribution is -2.17. The first-order valence-electron chi connectivity index (χ1n) is 4.84. The van der Waals surface area contributed by atoms with Gasteiger partial charge in [0.15, 0.2) is 11.5 Å².